The largest absolute Gasteiger partial charge is 0.471 e. The van der Waals surface area contributed by atoms with Gasteiger partial charge < -0.3 is 9.64 Å². The van der Waals surface area contributed by atoms with Gasteiger partial charge in [0.1, 0.15) is 6.10 Å². The molecule has 4 unspecified atom stereocenters. The Kier molecular flexibility index (Phi) is 6.02. The average molecular weight is 489 g/mol. The van der Waals surface area contributed by atoms with Crippen LogP contribution < -0.4 is 4.74 Å². The highest BCUT2D eigenvalue weighted by atomic mass is 19.4. The van der Waals surface area contributed by atoms with E-state index < -0.39 is 23.8 Å². The molecule has 0 aromatic carbocycles. The van der Waals surface area contributed by atoms with Crippen molar-refractivity contribution in [3.63, 3.8) is 0 Å². The van der Waals surface area contributed by atoms with E-state index in [1.165, 1.54) is 0 Å². The minimum absolute atomic E-state index is 0.00297. The van der Waals surface area contributed by atoms with E-state index in [9.17, 15) is 22.4 Å². The van der Waals surface area contributed by atoms with Crippen molar-refractivity contribution in [2.75, 3.05) is 6.54 Å². The van der Waals surface area contributed by atoms with Crippen LogP contribution in [0.3, 0.4) is 0 Å². The van der Waals surface area contributed by atoms with Gasteiger partial charge in [0.15, 0.2) is 17.3 Å². The number of aromatic nitrogens is 4. The fourth-order valence-corrected chi connectivity index (χ4v) is 5.07. The lowest BCUT2D eigenvalue weighted by Crippen LogP contribution is -2.59. The maximum absolute atomic E-state index is 13.8. The van der Waals surface area contributed by atoms with Crippen molar-refractivity contribution < 1.29 is 27.1 Å². The second-order valence-electron chi connectivity index (χ2n) is 9.26. The first kappa shape index (κ1) is 23.4. The molecule has 184 valence electrons. The predicted molar refractivity (Wildman–Crippen MR) is 116 cm³/mol. The van der Waals surface area contributed by atoms with E-state index in [0.29, 0.717) is 36.7 Å². The molecule has 2 aromatic heterocycles. The third-order valence-electron chi connectivity index (χ3n) is 6.73. The molecule has 0 spiro atoms. The number of rotatable bonds is 4. The number of fused-ring (bicyclic) bond motifs is 3. The van der Waals surface area contributed by atoms with Gasteiger partial charge in [-0.15, -0.1) is 0 Å². The highest BCUT2D eigenvalue weighted by Gasteiger charge is 2.45. The molecule has 35 heavy (non-hydrogen) atoms. The average Bonchev–Trinajstić information content (AvgIpc) is 2.84. The number of carbonyl (C=O) groups excluding carboxylic acids is 1. The third kappa shape index (κ3) is 4.76. The Labute approximate surface area is 199 Å². The monoisotopic (exact) mass is 489 g/mol. The highest BCUT2D eigenvalue weighted by Crippen LogP contribution is 2.40. The molecule has 7 nitrogen and oxygen atoms in total. The first-order valence-corrected chi connectivity index (χ1v) is 11.4. The van der Waals surface area contributed by atoms with Crippen molar-refractivity contribution in [3.05, 3.63) is 59.8 Å². The van der Waals surface area contributed by atoms with Gasteiger partial charge in [-0.05, 0) is 37.5 Å². The Bertz CT molecular complexity index is 1160. The zero-order chi connectivity index (χ0) is 24.7. The Morgan fingerprint density at radius 2 is 1.86 bits per heavy atom. The Hall–Kier alpha value is -3.37. The van der Waals surface area contributed by atoms with Crippen LogP contribution in [0.15, 0.2) is 42.5 Å². The van der Waals surface area contributed by atoms with Gasteiger partial charge in [-0.25, -0.2) is 24.3 Å². The number of hydrogen-bond acceptors (Lipinski definition) is 6. The van der Waals surface area contributed by atoms with Crippen LogP contribution >= 0.6 is 0 Å². The molecule has 2 bridgehead atoms. The molecule has 2 saturated heterocycles. The van der Waals surface area contributed by atoms with Crippen LogP contribution in [-0.2, 0) is 11.0 Å². The molecule has 0 radical (unpaired) electrons. The molecule has 2 aliphatic heterocycles. The molecule has 4 heterocycles. The van der Waals surface area contributed by atoms with Gasteiger partial charge >= 0.3 is 6.18 Å². The topological polar surface area (TPSA) is 81.1 Å². The summed E-state index contributed by atoms with van der Waals surface area (Å²) in [6.45, 7) is 2.57. The SMILES string of the molecule is CC1C=CC(c2ncc(F)cn2)=C(C(=O)N2CC3CCC2C(Oc2cnc(C(F)(F)F)cn2)C3)C1. The number of allylic oxidation sites excluding steroid dienone is 3. The molecule has 6 rings (SSSR count). The minimum Gasteiger partial charge on any atom is -0.471 e. The van der Waals surface area contributed by atoms with E-state index in [0.717, 1.165) is 31.4 Å². The van der Waals surface area contributed by atoms with E-state index in [1.54, 1.807) is 4.90 Å². The lowest BCUT2D eigenvalue weighted by Gasteiger charge is -2.49. The van der Waals surface area contributed by atoms with Gasteiger partial charge in [0, 0.05) is 17.7 Å². The fourth-order valence-electron chi connectivity index (χ4n) is 5.07. The molecule has 2 aliphatic carbocycles. The van der Waals surface area contributed by atoms with E-state index in [2.05, 4.69) is 19.9 Å². The molecular formula is C24H23F4N5O2. The quantitative estimate of drug-likeness (QED) is 0.598. The number of hydrogen-bond donors (Lipinski definition) is 0. The molecule has 4 atom stereocenters. The molecule has 1 saturated carbocycles. The third-order valence-corrected chi connectivity index (χ3v) is 6.73. The van der Waals surface area contributed by atoms with Crippen LogP contribution in [-0.4, -0.2) is 49.4 Å². The van der Waals surface area contributed by atoms with E-state index in [4.69, 9.17) is 4.74 Å². The summed E-state index contributed by atoms with van der Waals surface area (Å²) in [7, 11) is 0. The molecule has 2 aromatic rings. The van der Waals surface area contributed by atoms with Crippen molar-refractivity contribution in [2.45, 2.75) is 50.9 Å². The van der Waals surface area contributed by atoms with Crippen molar-refractivity contribution >= 4 is 11.5 Å². The second kappa shape index (κ2) is 9.01. The normalized spacial score (nSPS) is 26.3. The van der Waals surface area contributed by atoms with Crippen molar-refractivity contribution in [1.29, 1.82) is 0 Å². The van der Waals surface area contributed by atoms with Gasteiger partial charge in [0.2, 0.25) is 5.88 Å². The zero-order valence-corrected chi connectivity index (χ0v) is 18.9. The van der Waals surface area contributed by atoms with Crippen LogP contribution in [0.25, 0.3) is 5.57 Å². The predicted octanol–water partition coefficient (Wildman–Crippen LogP) is 4.23. The number of alkyl halides is 3. The zero-order valence-electron chi connectivity index (χ0n) is 18.9. The van der Waals surface area contributed by atoms with Gasteiger partial charge in [0.05, 0.1) is 30.8 Å². The summed E-state index contributed by atoms with van der Waals surface area (Å²) in [6, 6.07) is -0.249. The first-order chi connectivity index (χ1) is 16.7. The number of nitrogens with zero attached hydrogens (tertiary/aromatic N) is 5. The number of halogens is 4. The van der Waals surface area contributed by atoms with Crippen LogP contribution in [0.5, 0.6) is 5.88 Å². The van der Waals surface area contributed by atoms with Crippen LogP contribution in [0, 0.1) is 17.7 Å². The summed E-state index contributed by atoms with van der Waals surface area (Å²) in [5.74, 6) is -0.0842. The summed E-state index contributed by atoms with van der Waals surface area (Å²) < 4.78 is 57.7. The van der Waals surface area contributed by atoms with Crippen molar-refractivity contribution in [1.82, 2.24) is 24.8 Å². The molecule has 1 amide bonds. The molecule has 3 fully saturated rings. The molecule has 11 heteroatoms. The minimum atomic E-state index is -4.58. The number of ether oxygens (including phenoxy) is 1. The maximum Gasteiger partial charge on any atom is 0.434 e. The van der Waals surface area contributed by atoms with Crippen LogP contribution in [0.2, 0.25) is 0 Å². The second-order valence-corrected chi connectivity index (χ2v) is 9.26. The molecule has 4 aliphatic rings. The van der Waals surface area contributed by atoms with Crippen molar-refractivity contribution in [3.8, 4) is 5.88 Å². The molecular weight excluding hydrogens is 466 g/mol. The smallest absolute Gasteiger partial charge is 0.434 e. The summed E-state index contributed by atoms with van der Waals surface area (Å²) >= 11 is 0. The van der Waals surface area contributed by atoms with E-state index >= 15 is 0 Å². The lowest BCUT2D eigenvalue weighted by molar-refractivity contribution is -0.142. The van der Waals surface area contributed by atoms with Gasteiger partial charge in [-0.3, -0.25) is 4.79 Å². The Balaban J connectivity index is 1.39. The number of carbonyl (C=O) groups is 1. The van der Waals surface area contributed by atoms with E-state index in [1.807, 2.05) is 19.1 Å². The first-order valence-electron chi connectivity index (χ1n) is 11.4. The molecule has 0 N–H and O–H groups in total. The fraction of sp³-hybridized carbons (Fsp3) is 0.458. The Morgan fingerprint density at radius 3 is 2.51 bits per heavy atom. The number of piperidine rings is 2. The maximum atomic E-state index is 13.8. The highest BCUT2D eigenvalue weighted by molar-refractivity contribution is 6.03. The van der Waals surface area contributed by atoms with Crippen molar-refractivity contribution in [2.24, 2.45) is 11.8 Å². The summed E-state index contributed by atoms with van der Waals surface area (Å²) in [5.41, 5.74) is 0.0432. The van der Waals surface area contributed by atoms with Crippen LogP contribution in [0.1, 0.15) is 44.1 Å². The van der Waals surface area contributed by atoms with E-state index in [-0.39, 0.29) is 35.5 Å². The standard InChI is InChI=1S/C24H23F4N5O2/c1-13-2-4-16(22-31-8-15(25)9-32-22)17(6-13)23(34)33-12-14-3-5-18(33)19(7-14)35-21-11-29-20(10-30-21)24(26,27)28/h2,4,8-11,13-14,18-19H,3,5-7,12H2,1H3. The summed E-state index contributed by atoms with van der Waals surface area (Å²) in [5, 5.41) is 0. The summed E-state index contributed by atoms with van der Waals surface area (Å²) in [6.07, 6.45) is 5.39. The lowest BCUT2D eigenvalue weighted by atomic mass is 9.77. The van der Waals surface area contributed by atoms with Gasteiger partial charge in [0.25, 0.3) is 5.91 Å². The Morgan fingerprint density at radius 1 is 1.09 bits per heavy atom. The number of amides is 1. The van der Waals surface area contributed by atoms with Crippen LogP contribution in [0.4, 0.5) is 17.6 Å². The van der Waals surface area contributed by atoms with Gasteiger partial charge in [-0.2, -0.15) is 13.2 Å². The van der Waals surface area contributed by atoms with Gasteiger partial charge in [-0.1, -0.05) is 19.1 Å². The summed E-state index contributed by atoms with van der Waals surface area (Å²) in [4.78, 5) is 30.9.